The molecule has 0 aromatic heterocycles. The number of hydrogen-bond acceptors (Lipinski definition) is 3. The number of allylic oxidation sites excluding steroid dienone is 1. The summed E-state index contributed by atoms with van der Waals surface area (Å²) in [5.41, 5.74) is 2.14. The lowest BCUT2D eigenvalue weighted by Crippen LogP contribution is -2.33. The monoisotopic (exact) mass is 260 g/mol. The molecule has 2 rings (SSSR count). The summed E-state index contributed by atoms with van der Waals surface area (Å²) >= 11 is 0. The van der Waals surface area contributed by atoms with Gasteiger partial charge < -0.3 is 9.84 Å². The van der Waals surface area contributed by atoms with Gasteiger partial charge in [-0.05, 0) is 37.3 Å². The van der Waals surface area contributed by atoms with Gasteiger partial charge in [-0.15, -0.1) is 0 Å². The predicted octanol–water partition coefficient (Wildman–Crippen LogP) is 2.79. The number of aliphatic hydroxyl groups excluding tert-OH is 1. The fourth-order valence-electron chi connectivity index (χ4n) is 2.58. The Morgan fingerprint density at radius 3 is 2.84 bits per heavy atom. The molecule has 1 unspecified atom stereocenters. The molecule has 0 aliphatic heterocycles. The van der Waals surface area contributed by atoms with Crippen molar-refractivity contribution in [1.82, 2.24) is 0 Å². The minimum Gasteiger partial charge on any atom is -0.464 e. The summed E-state index contributed by atoms with van der Waals surface area (Å²) in [6, 6.07) is 9.94. The molecule has 0 saturated carbocycles. The SMILES string of the molecule is CCOC(=O)[C@H](O)C1CCCC=C1c1ccccc1. The largest absolute Gasteiger partial charge is 0.464 e. The van der Waals surface area contributed by atoms with Crippen LogP contribution >= 0.6 is 0 Å². The van der Waals surface area contributed by atoms with E-state index in [4.69, 9.17) is 4.74 Å². The summed E-state index contributed by atoms with van der Waals surface area (Å²) in [6.45, 7) is 2.05. The molecule has 0 bridgehead atoms. The van der Waals surface area contributed by atoms with Gasteiger partial charge in [0.25, 0.3) is 0 Å². The van der Waals surface area contributed by atoms with Gasteiger partial charge >= 0.3 is 5.97 Å². The highest BCUT2D eigenvalue weighted by Crippen LogP contribution is 2.35. The van der Waals surface area contributed by atoms with Crippen LogP contribution in [0.2, 0.25) is 0 Å². The minimum absolute atomic E-state index is 0.157. The standard InChI is InChI=1S/C16H20O3/c1-2-19-16(18)15(17)14-11-7-6-10-13(14)12-8-4-3-5-9-12/h3-5,8-10,14-15,17H,2,6-7,11H2,1H3/t14?,15-/m1/s1. The van der Waals surface area contributed by atoms with Crippen molar-refractivity contribution in [2.45, 2.75) is 32.3 Å². The first-order valence-corrected chi connectivity index (χ1v) is 6.84. The van der Waals surface area contributed by atoms with Crippen LogP contribution in [0.5, 0.6) is 0 Å². The van der Waals surface area contributed by atoms with E-state index in [0.717, 1.165) is 30.4 Å². The maximum atomic E-state index is 11.7. The molecule has 0 spiro atoms. The number of rotatable bonds is 4. The fourth-order valence-corrected chi connectivity index (χ4v) is 2.58. The van der Waals surface area contributed by atoms with Crippen molar-refractivity contribution in [2.75, 3.05) is 6.61 Å². The molecule has 1 aliphatic rings. The molecule has 1 aliphatic carbocycles. The van der Waals surface area contributed by atoms with E-state index in [9.17, 15) is 9.90 Å². The van der Waals surface area contributed by atoms with Crippen LogP contribution < -0.4 is 0 Å². The molecule has 1 N–H and O–H groups in total. The van der Waals surface area contributed by atoms with Crippen molar-refractivity contribution in [1.29, 1.82) is 0 Å². The Balaban J connectivity index is 2.21. The van der Waals surface area contributed by atoms with Crippen LogP contribution in [0.4, 0.5) is 0 Å². The topological polar surface area (TPSA) is 46.5 Å². The van der Waals surface area contributed by atoms with E-state index in [1.54, 1.807) is 6.92 Å². The van der Waals surface area contributed by atoms with Crippen LogP contribution in [0.3, 0.4) is 0 Å². The van der Waals surface area contributed by atoms with Gasteiger partial charge in [0.2, 0.25) is 0 Å². The summed E-state index contributed by atoms with van der Waals surface area (Å²) in [4.78, 5) is 11.7. The molecule has 0 saturated heterocycles. The van der Waals surface area contributed by atoms with Crippen LogP contribution in [-0.4, -0.2) is 23.8 Å². The second-order valence-electron chi connectivity index (χ2n) is 4.76. The first kappa shape index (κ1) is 13.8. The third-order valence-electron chi connectivity index (χ3n) is 3.50. The first-order chi connectivity index (χ1) is 9.24. The summed E-state index contributed by atoms with van der Waals surface area (Å²) < 4.78 is 4.92. The van der Waals surface area contributed by atoms with E-state index < -0.39 is 12.1 Å². The molecule has 102 valence electrons. The smallest absolute Gasteiger partial charge is 0.335 e. The Morgan fingerprint density at radius 2 is 2.16 bits per heavy atom. The first-order valence-electron chi connectivity index (χ1n) is 6.84. The zero-order valence-electron chi connectivity index (χ0n) is 11.2. The molecule has 1 aromatic carbocycles. The third kappa shape index (κ3) is 3.24. The minimum atomic E-state index is -1.06. The molecule has 0 radical (unpaired) electrons. The summed E-state index contributed by atoms with van der Waals surface area (Å²) in [5.74, 6) is -0.675. The summed E-state index contributed by atoms with van der Waals surface area (Å²) in [6.07, 6.45) is 3.88. The van der Waals surface area contributed by atoms with Crippen molar-refractivity contribution >= 4 is 11.5 Å². The summed E-state index contributed by atoms with van der Waals surface area (Å²) in [7, 11) is 0. The van der Waals surface area contributed by atoms with Crippen LogP contribution in [0.1, 0.15) is 31.7 Å². The van der Waals surface area contributed by atoms with Crippen LogP contribution in [-0.2, 0) is 9.53 Å². The highest BCUT2D eigenvalue weighted by molar-refractivity contribution is 5.80. The van der Waals surface area contributed by atoms with Crippen molar-refractivity contribution in [3.05, 3.63) is 42.0 Å². The molecule has 3 heteroatoms. The average molecular weight is 260 g/mol. The maximum Gasteiger partial charge on any atom is 0.335 e. The highest BCUT2D eigenvalue weighted by Gasteiger charge is 2.31. The molecule has 0 amide bonds. The van der Waals surface area contributed by atoms with Gasteiger partial charge in [-0.1, -0.05) is 36.4 Å². The second kappa shape index (κ2) is 6.53. The van der Waals surface area contributed by atoms with Crippen molar-refractivity contribution in [3.8, 4) is 0 Å². The second-order valence-corrected chi connectivity index (χ2v) is 4.76. The third-order valence-corrected chi connectivity index (χ3v) is 3.50. The number of hydrogen-bond donors (Lipinski definition) is 1. The molecule has 1 aromatic rings. The molecule has 0 heterocycles. The Bertz CT molecular complexity index is 450. The lowest BCUT2D eigenvalue weighted by Gasteiger charge is -2.27. The number of carbonyl (C=O) groups is 1. The number of benzene rings is 1. The van der Waals surface area contributed by atoms with Gasteiger partial charge in [-0.2, -0.15) is 0 Å². The van der Waals surface area contributed by atoms with Gasteiger partial charge in [0, 0.05) is 5.92 Å². The lowest BCUT2D eigenvalue weighted by atomic mass is 9.80. The zero-order valence-corrected chi connectivity index (χ0v) is 11.2. The fraction of sp³-hybridized carbons (Fsp3) is 0.438. The van der Waals surface area contributed by atoms with Crippen LogP contribution in [0.25, 0.3) is 5.57 Å². The Morgan fingerprint density at radius 1 is 1.42 bits per heavy atom. The number of ether oxygens (including phenoxy) is 1. The Hall–Kier alpha value is -1.61. The van der Waals surface area contributed by atoms with Crippen LogP contribution in [0.15, 0.2) is 36.4 Å². The lowest BCUT2D eigenvalue weighted by molar-refractivity contribution is -0.155. The molecular formula is C16H20O3. The van der Waals surface area contributed by atoms with Gasteiger partial charge in [-0.3, -0.25) is 0 Å². The van der Waals surface area contributed by atoms with Crippen LogP contribution in [0, 0.1) is 5.92 Å². The van der Waals surface area contributed by atoms with E-state index >= 15 is 0 Å². The number of carbonyl (C=O) groups excluding carboxylic acids is 1. The molecule has 19 heavy (non-hydrogen) atoms. The van der Waals surface area contributed by atoms with E-state index in [1.807, 2.05) is 30.3 Å². The average Bonchev–Trinajstić information content (AvgIpc) is 2.47. The van der Waals surface area contributed by atoms with E-state index in [-0.39, 0.29) is 5.92 Å². The van der Waals surface area contributed by atoms with E-state index in [0.29, 0.717) is 6.61 Å². The zero-order chi connectivity index (χ0) is 13.7. The van der Waals surface area contributed by atoms with Crippen molar-refractivity contribution < 1.29 is 14.6 Å². The van der Waals surface area contributed by atoms with Gasteiger partial charge in [0.1, 0.15) is 0 Å². The molecule has 0 fully saturated rings. The highest BCUT2D eigenvalue weighted by atomic mass is 16.5. The van der Waals surface area contributed by atoms with Gasteiger partial charge in [0.05, 0.1) is 6.61 Å². The van der Waals surface area contributed by atoms with E-state index in [1.165, 1.54) is 0 Å². The number of esters is 1. The van der Waals surface area contributed by atoms with Crippen molar-refractivity contribution in [3.63, 3.8) is 0 Å². The predicted molar refractivity (Wildman–Crippen MR) is 74.4 cm³/mol. The number of aliphatic hydroxyl groups is 1. The Kier molecular flexibility index (Phi) is 4.74. The van der Waals surface area contributed by atoms with Crippen molar-refractivity contribution in [2.24, 2.45) is 5.92 Å². The molecule has 2 atom stereocenters. The van der Waals surface area contributed by atoms with Gasteiger partial charge in [0.15, 0.2) is 6.10 Å². The maximum absolute atomic E-state index is 11.7. The quantitative estimate of drug-likeness (QED) is 0.847. The normalized spacial score (nSPS) is 20.5. The Labute approximate surface area is 113 Å². The molecule has 3 nitrogen and oxygen atoms in total. The summed E-state index contributed by atoms with van der Waals surface area (Å²) in [5, 5.41) is 10.2. The molecular weight excluding hydrogens is 240 g/mol. The van der Waals surface area contributed by atoms with E-state index in [2.05, 4.69) is 6.08 Å². The van der Waals surface area contributed by atoms with Gasteiger partial charge in [-0.25, -0.2) is 4.79 Å².